The highest BCUT2D eigenvalue weighted by Crippen LogP contribution is 2.35. The van der Waals surface area contributed by atoms with Crippen LogP contribution in [0.5, 0.6) is 0 Å². The van der Waals surface area contributed by atoms with Crippen LogP contribution >= 0.6 is 0 Å². The maximum atomic E-state index is 12.5. The zero-order chi connectivity index (χ0) is 12.5. The first kappa shape index (κ1) is 11.7. The summed E-state index contributed by atoms with van der Waals surface area (Å²) in [4.78, 5) is 3.76. The van der Waals surface area contributed by atoms with Gasteiger partial charge in [-0.1, -0.05) is 18.2 Å². The molecule has 0 radical (unpaired) electrons. The van der Waals surface area contributed by atoms with E-state index in [4.69, 9.17) is 0 Å². The molecular weight excluding hydrogens is 233 g/mol. The second kappa shape index (κ2) is 4.21. The van der Waals surface area contributed by atoms with Crippen molar-refractivity contribution in [2.24, 2.45) is 0 Å². The van der Waals surface area contributed by atoms with Gasteiger partial charge in [0.15, 0.2) is 6.10 Å². The van der Waals surface area contributed by atoms with Gasteiger partial charge in [-0.25, -0.2) is 4.98 Å². The third-order valence-electron chi connectivity index (χ3n) is 2.32. The molecule has 17 heavy (non-hydrogen) atoms. The number of hydrogen-bond acceptors (Lipinski definition) is 2. The van der Waals surface area contributed by atoms with E-state index in [0.717, 1.165) is 0 Å². The summed E-state index contributed by atoms with van der Waals surface area (Å²) >= 11 is 0. The number of hydrogen-bond donors (Lipinski definition) is 1. The minimum Gasteiger partial charge on any atom is -0.379 e. The Bertz CT molecular complexity index is 494. The van der Waals surface area contributed by atoms with Crippen LogP contribution in [0.2, 0.25) is 0 Å². The number of halogens is 3. The second-order valence-corrected chi connectivity index (χ2v) is 3.47. The van der Waals surface area contributed by atoms with Crippen LogP contribution in [-0.2, 0) is 0 Å². The average molecular weight is 242 g/mol. The van der Waals surface area contributed by atoms with Gasteiger partial charge in [0, 0.05) is 18.0 Å². The van der Waals surface area contributed by atoms with Crippen LogP contribution in [0.15, 0.2) is 43.0 Å². The number of nitrogens with zero attached hydrogens (tertiary/aromatic N) is 2. The molecule has 1 aromatic carbocycles. The molecule has 1 heterocycles. The molecule has 0 saturated heterocycles. The van der Waals surface area contributed by atoms with Crippen LogP contribution in [0, 0.1) is 0 Å². The van der Waals surface area contributed by atoms with E-state index >= 15 is 0 Å². The number of rotatable bonds is 2. The number of aromatic nitrogens is 2. The Morgan fingerprint density at radius 2 is 1.94 bits per heavy atom. The topological polar surface area (TPSA) is 38.0 Å². The molecule has 0 aliphatic carbocycles. The van der Waals surface area contributed by atoms with Gasteiger partial charge in [-0.3, -0.25) is 0 Å². The zero-order valence-corrected chi connectivity index (χ0v) is 8.59. The Hall–Kier alpha value is -1.82. The van der Waals surface area contributed by atoms with E-state index in [1.807, 2.05) is 0 Å². The van der Waals surface area contributed by atoms with Gasteiger partial charge in [0.1, 0.15) is 0 Å². The van der Waals surface area contributed by atoms with E-state index in [1.165, 1.54) is 41.5 Å². The van der Waals surface area contributed by atoms with Gasteiger partial charge in [-0.15, -0.1) is 0 Å². The van der Waals surface area contributed by atoms with Crippen molar-refractivity contribution in [1.82, 2.24) is 9.55 Å². The lowest BCUT2D eigenvalue weighted by atomic mass is 10.1. The van der Waals surface area contributed by atoms with Gasteiger partial charge >= 0.3 is 6.18 Å². The molecule has 2 aromatic rings. The molecule has 1 N–H and O–H groups in total. The second-order valence-electron chi connectivity index (χ2n) is 3.47. The van der Waals surface area contributed by atoms with Crippen molar-refractivity contribution >= 4 is 0 Å². The molecule has 3 nitrogen and oxygen atoms in total. The minimum atomic E-state index is -4.68. The molecule has 0 spiro atoms. The van der Waals surface area contributed by atoms with E-state index < -0.39 is 12.3 Å². The lowest BCUT2D eigenvalue weighted by molar-refractivity contribution is -0.206. The predicted molar refractivity (Wildman–Crippen MR) is 54.6 cm³/mol. The smallest absolute Gasteiger partial charge is 0.379 e. The molecule has 0 fully saturated rings. The van der Waals surface area contributed by atoms with Gasteiger partial charge in [0.25, 0.3) is 0 Å². The normalized spacial score (nSPS) is 13.6. The van der Waals surface area contributed by atoms with Crippen LogP contribution in [-0.4, -0.2) is 20.8 Å². The third-order valence-corrected chi connectivity index (χ3v) is 2.32. The number of para-hydroxylation sites is 1. The fraction of sp³-hybridized carbons (Fsp3) is 0.182. The molecular formula is C11H9F3N2O. The van der Waals surface area contributed by atoms with E-state index in [-0.39, 0.29) is 11.3 Å². The van der Waals surface area contributed by atoms with Crippen molar-refractivity contribution in [3.63, 3.8) is 0 Å². The SMILES string of the molecule is OC(c1ccccc1-n1ccnc1)C(F)(F)F. The van der Waals surface area contributed by atoms with Crippen molar-refractivity contribution < 1.29 is 18.3 Å². The van der Waals surface area contributed by atoms with Gasteiger partial charge in [0.2, 0.25) is 0 Å². The summed E-state index contributed by atoms with van der Waals surface area (Å²) in [6.45, 7) is 0. The Balaban J connectivity index is 2.49. The Morgan fingerprint density at radius 3 is 2.53 bits per heavy atom. The van der Waals surface area contributed by atoms with Crippen molar-refractivity contribution in [2.45, 2.75) is 12.3 Å². The molecule has 1 atom stereocenters. The van der Waals surface area contributed by atoms with Crippen molar-refractivity contribution in [3.8, 4) is 5.69 Å². The van der Waals surface area contributed by atoms with Crippen LogP contribution in [0.3, 0.4) is 0 Å². The Kier molecular flexibility index (Phi) is 2.89. The number of aliphatic hydroxyl groups excluding tert-OH is 1. The summed E-state index contributed by atoms with van der Waals surface area (Å²) in [5.41, 5.74) is 0.0628. The lowest BCUT2D eigenvalue weighted by Gasteiger charge is -2.18. The standard InChI is InChI=1S/C11H9F3N2O/c12-11(13,14)10(17)8-3-1-2-4-9(8)16-6-5-15-7-16/h1-7,10,17H. The summed E-state index contributed by atoms with van der Waals surface area (Å²) in [6, 6.07) is 5.78. The number of benzene rings is 1. The van der Waals surface area contributed by atoms with Gasteiger partial charge in [-0.05, 0) is 6.07 Å². The highest BCUT2D eigenvalue weighted by Gasteiger charge is 2.40. The molecule has 0 amide bonds. The minimum absolute atomic E-state index is 0.196. The van der Waals surface area contributed by atoms with Gasteiger partial charge in [-0.2, -0.15) is 13.2 Å². The first-order chi connectivity index (χ1) is 8.00. The number of imidazole rings is 1. The summed E-state index contributed by atoms with van der Waals surface area (Å²) in [7, 11) is 0. The van der Waals surface area contributed by atoms with Crippen LogP contribution in [0.25, 0.3) is 5.69 Å². The van der Waals surface area contributed by atoms with Gasteiger partial charge in [0.05, 0.1) is 12.0 Å². The summed E-state index contributed by atoms with van der Waals surface area (Å²) in [5, 5.41) is 9.28. The number of aliphatic hydroxyl groups is 1. The molecule has 0 saturated carbocycles. The zero-order valence-electron chi connectivity index (χ0n) is 8.59. The predicted octanol–water partition coefficient (Wildman–Crippen LogP) is 2.47. The summed E-state index contributed by atoms with van der Waals surface area (Å²) < 4.78 is 38.9. The van der Waals surface area contributed by atoms with Crippen LogP contribution < -0.4 is 0 Å². The van der Waals surface area contributed by atoms with E-state index in [2.05, 4.69) is 4.98 Å². The first-order valence-electron chi connectivity index (χ1n) is 4.82. The molecule has 0 aliphatic heterocycles. The fourth-order valence-electron chi connectivity index (χ4n) is 1.53. The molecule has 0 aliphatic rings. The quantitative estimate of drug-likeness (QED) is 0.878. The Morgan fingerprint density at radius 1 is 1.24 bits per heavy atom. The lowest BCUT2D eigenvalue weighted by Crippen LogP contribution is -2.21. The first-order valence-corrected chi connectivity index (χ1v) is 4.82. The summed E-state index contributed by atoms with van der Waals surface area (Å²) in [6.07, 6.45) is -2.84. The van der Waals surface area contributed by atoms with Crippen LogP contribution in [0.4, 0.5) is 13.2 Å². The fourth-order valence-corrected chi connectivity index (χ4v) is 1.53. The Labute approximate surface area is 95.1 Å². The maximum Gasteiger partial charge on any atom is 0.418 e. The molecule has 0 bridgehead atoms. The van der Waals surface area contributed by atoms with Crippen molar-refractivity contribution in [1.29, 1.82) is 0 Å². The van der Waals surface area contributed by atoms with E-state index in [1.54, 1.807) is 6.07 Å². The third kappa shape index (κ3) is 2.31. The molecule has 1 aromatic heterocycles. The molecule has 2 rings (SSSR count). The highest BCUT2D eigenvalue weighted by atomic mass is 19.4. The van der Waals surface area contributed by atoms with Crippen molar-refractivity contribution in [3.05, 3.63) is 48.5 Å². The van der Waals surface area contributed by atoms with Crippen LogP contribution in [0.1, 0.15) is 11.7 Å². The van der Waals surface area contributed by atoms with E-state index in [9.17, 15) is 18.3 Å². The molecule has 1 unspecified atom stereocenters. The van der Waals surface area contributed by atoms with Crippen molar-refractivity contribution in [2.75, 3.05) is 0 Å². The molecule has 90 valence electrons. The largest absolute Gasteiger partial charge is 0.418 e. The highest BCUT2D eigenvalue weighted by molar-refractivity contribution is 5.42. The molecule has 6 heteroatoms. The monoisotopic (exact) mass is 242 g/mol. The maximum absolute atomic E-state index is 12.5. The van der Waals surface area contributed by atoms with E-state index in [0.29, 0.717) is 0 Å². The van der Waals surface area contributed by atoms with Gasteiger partial charge < -0.3 is 9.67 Å². The average Bonchev–Trinajstić information content (AvgIpc) is 2.80. The summed E-state index contributed by atoms with van der Waals surface area (Å²) in [5.74, 6) is 0. The number of alkyl halides is 3.